The summed E-state index contributed by atoms with van der Waals surface area (Å²) in [5, 5.41) is 3.16. The summed E-state index contributed by atoms with van der Waals surface area (Å²) in [5.41, 5.74) is 2.85. The van der Waals surface area contributed by atoms with Crippen LogP contribution in [0.4, 0.5) is 0 Å². The first-order chi connectivity index (χ1) is 14.7. The second-order valence-corrected chi connectivity index (χ2v) is 10.7. The minimum absolute atomic E-state index is 0.0130. The summed E-state index contributed by atoms with van der Waals surface area (Å²) >= 11 is 6.26. The lowest BCUT2D eigenvalue weighted by Gasteiger charge is -2.34. The minimum atomic E-state index is -3.85. The molecule has 1 amide bonds. The van der Waals surface area contributed by atoms with Crippen molar-refractivity contribution >= 4 is 27.5 Å². The third-order valence-electron chi connectivity index (χ3n) is 5.88. The van der Waals surface area contributed by atoms with Crippen LogP contribution >= 0.6 is 11.6 Å². The molecule has 166 valence electrons. The summed E-state index contributed by atoms with van der Waals surface area (Å²) in [6.07, 6.45) is 2.11. The maximum absolute atomic E-state index is 13.3. The molecule has 0 radical (unpaired) electrons. The third-order valence-corrected chi connectivity index (χ3v) is 8.19. The lowest BCUT2D eigenvalue weighted by molar-refractivity contribution is -0.0440. The molecule has 1 heterocycles. The van der Waals surface area contributed by atoms with Gasteiger partial charge in [0.1, 0.15) is 4.90 Å². The van der Waals surface area contributed by atoms with Crippen molar-refractivity contribution in [3.8, 4) is 0 Å². The van der Waals surface area contributed by atoms with Crippen LogP contribution in [0.5, 0.6) is 0 Å². The summed E-state index contributed by atoms with van der Waals surface area (Å²) in [7, 11) is -3.85. The van der Waals surface area contributed by atoms with E-state index in [0.717, 1.165) is 19.3 Å². The SMILES string of the molecule is CC1CN(S(=O)(=O)c2cc(C(=O)NC3CCc4ccccc4C3)ccc2Cl)CC(C)O1. The second-order valence-electron chi connectivity index (χ2n) is 8.41. The Labute approximate surface area is 188 Å². The van der Waals surface area contributed by atoms with E-state index in [9.17, 15) is 13.2 Å². The van der Waals surface area contributed by atoms with E-state index in [-0.39, 0.29) is 52.7 Å². The fourth-order valence-electron chi connectivity index (χ4n) is 4.40. The van der Waals surface area contributed by atoms with Gasteiger partial charge in [-0.1, -0.05) is 35.9 Å². The Hall–Kier alpha value is -1.93. The Balaban J connectivity index is 1.53. The summed E-state index contributed by atoms with van der Waals surface area (Å²) in [4.78, 5) is 12.9. The van der Waals surface area contributed by atoms with Crippen LogP contribution in [0.1, 0.15) is 41.8 Å². The van der Waals surface area contributed by atoms with Crippen LogP contribution in [0.15, 0.2) is 47.4 Å². The molecular formula is C23H27ClN2O4S. The lowest BCUT2D eigenvalue weighted by atomic mass is 9.88. The maximum atomic E-state index is 13.3. The smallest absolute Gasteiger partial charge is 0.251 e. The predicted molar refractivity (Wildman–Crippen MR) is 120 cm³/mol. The number of carbonyl (C=O) groups is 1. The predicted octanol–water partition coefficient (Wildman–Crippen LogP) is 3.43. The Kier molecular flexibility index (Phi) is 6.40. The average molecular weight is 463 g/mol. The number of nitrogens with one attached hydrogen (secondary N) is 1. The molecule has 0 bridgehead atoms. The highest BCUT2D eigenvalue weighted by atomic mass is 35.5. The first kappa shape index (κ1) is 22.3. The first-order valence-corrected chi connectivity index (χ1v) is 12.4. The third kappa shape index (κ3) is 4.80. The largest absolute Gasteiger partial charge is 0.373 e. The summed E-state index contributed by atoms with van der Waals surface area (Å²) in [5.74, 6) is -0.291. The van der Waals surface area contributed by atoms with Crippen molar-refractivity contribution in [1.82, 2.24) is 9.62 Å². The van der Waals surface area contributed by atoms with Crippen LogP contribution < -0.4 is 5.32 Å². The second kappa shape index (κ2) is 8.90. The van der Waals surface area contributed by atoms with E-state index in [1.54, 1.807) is 6.07 Å². The Morgan fingerprint density at radius 3 is 2.48 bits per heavy atom. The fraction of sp³-hybridized carbons (Fsp3) is 0.435. The van der Waals surface area contributed by atoms with Crippen molar-refractivity contribution in [2.24, 2.45) is 0 Å². The molecular weight excluding hydrogens is 436 g/mol. The number of morpholine rings is 1. The quantitative estimate of drug-likeness (QED) is 0.755. The molecule has 3 atom stereocenters. The zero-order valence-corrected chi connectivity index (χ0v) is 19.2. The van der Waals surface area contributed by atoms with Crippen LogP contribution in [0.25, 0.3) is 0 Å². The van der Waals surface area contributed by atoms with Crippen LogP contribution in [0.2, 0.25) is 5.02 Å². The number of nitrogens with zero attached hydrogens (tertiary/aromatic N) is 1. The molecule has 1 aliphatic carbocycles. The van der Waals surface area contributed by atoms with Crippen molar-refractivity contribution in [3.05, 3.63) is 64.2 Å². The summed E-state index contributed by atoms with van der Waals surface area (Å²) in [6, 6.07) is 12.7. The van der Waals surface area contributed by atoms with Crippen molar-refractivity contribution in [3.63, 3.8) is 0 Å². The molecule has 3 unspecified atom stereocenters. The number of hydrogen-bond acceptors (Lipinski definition) is 4. The van der Waals surface area contributed by atoms with Gasteiger partial charge in [-0.15, -0.1) is 0 Å². The lowest BCUT2D eigenvalue weighted by Crippen LogP contribution is -2.48. The standard InChI is InChI=1S/C23H27ClN2O4S/c1-15-13-26(14-16(2)30-15)31(28,29)22-12-19(8-10-21(22)24)23(27)25-20-9-7-17-5-3-4-6-18(17)11-20/h3-6,8,10,12,15-16,20H,7,9,11,13-14H2,1-2H3,(H,25,27). The van der Waals surface area contributed by atoms with E-state index in [1.807, 2.05) is 26.0 Å². The van der Waals surface area contributed by atoms with Gasteiger partial charge in [0.2, 0.25) is 10.0 Å². The van der Waals surface area contributed by atoms with Gasteiger partial charge in [0.15, 0.2) is 0 Å². The average Bonchev–Trinajstić information content (AvgIpc) is 2.73. The van der Waals surface area contributed by atoms with Gasteiger partial charge in [-0.05, 0) is 62.4 Å². The topological polar surface area (TPSA) is 75.7 Å². The van der Waals surface area contributed by atoms with E-state index < -0.39 is 10.0 Å². The highest BCUT2D eigenvalue weighted by molar-refractivity contribution is 7.89. The molecule has 31 heavy (non-hydrogen) atoms. The van der Waals surface area contributed by atoms with E-state index in [2.05, 4.69) is 17.4 Å². The van der Waals surface area contributed by atoms with E-state index >= 15 is 0 Å². The monoisotopic (exact) mass is 462 g/mol. The zero-order chi connectivity index (χ0) is 22.2. The van der Waals surface area contributed by atoms with Gasteiger partial charge in [0.25, 0.3) is 5.91 Å². The van der Waals surface area contributed by atoms with Crippen molar-refractivity contribution < 1.29 is 17.9 Å². The number of sulfonamides is 1. The van der Waals surface area contributed by atoms with E-state index in [0.29, 0.717) is 0 Å². The van der Waals surface area contributed by atoms with Crippen LogP contribution in [-0.2, 0) is 27.6 Å². The van der Waals surface area contributed by atoms with Crippen molar-refractivity contribution in [2.75, 3.05) is 13.1 Å². The molecule has 0 aromatic heterocycles. The maximum Gasteiger partial charge on any atom is 0.251 e. The number of aryl methyl sites for hydroxylation is 1. The van der Waals surface area contributed by atoms with E-state index in [1.165, 1.54) is 27.6 Å². The van der Waals surface area contributed by atoms with Gasteiger partial charge in [0.05, 0.1) is 17.2 Å². The fourth-order valence-corrected chi connectivity index (χ4v) is 6.49. The van der Waals surface area contributed by atoms with Gasteiger partial charge in [-0.2, -0.15) is 4.31 Å². The van der Waals surface area contributed by atoms with Gasteiger partial charge in [0, 0.05) is 24.7 Å². The van der Waals surface area contributed by atoms with Gasteiger partial charge in [-0.3, -0.25) is 4.79 Å². The number of carbonyl (C=O) groups excluding carboxylic acids is 1. The number of benzene rings is 2. The molecule has 1 N–H and O–H groups in total. The molecule has 1 saturated heterocycles. The van der Waals surface area contributed by atoms with Gasteiger partial charge in [-0.25, -0.2) is 8.42 Å². The molecule has 8 heteroatoms. The Bertz CT molecular complexity index is 1080. The molecule has 4 rings (SSSR count). The molecule has 2 aromatic carbocycles. The van der Waals surface area contributed by atoms with E-state index in [4.69, 9.17) is 16.3 Å². The van der Waals surface area contributed by atoms with Crippen molar-refractivity contribution in [2.45, 2.75) is 56.3 Å². The van der Waals surface area contributed by atoms with Crippen LogP contribution in [0, 0.1) is 0 Å². The van der Waals surface area contributed by atoms with Gasteiger partial charge >= 0.3 is 0 Å². The zero-order valence-electron chi connectivity index (χ0n) is 17.7. The number of ether oxygens (including phenoxy) is 1. The molecule has 6 nitrogen and oxygen atoms in total. The number of halogens is 1. The highest BCUT2D eigenvalue weighted by Gasteiger charge is 2.34. The summed E-state index contributed by atoms with van der Waals surface area (Å²) < 4.78 is 33.5. The van der Waals surface area contributed by atoms with Crippen molar-refractivity contribution in [1.29, 1.82) is 0 Å². The van der Waals surface area contributed by atoms with Crippen LogP contribution in [-0.4, -0.2) is 50.0 Å². The Morgan fingerprint density at radius 1 is 1.10 bits per heavy atom. The molecule has 0 spiro atoms. The van der Waals surface area contributed by atoms with Crippen LogP contribution in [0.3, 0.4) is 0 Å². The normalized spacial score (nSPS) is 24.4. The molecule has 0 saturated carbocycles. The number of amides is 1. The molecule has 2 aromatic rings. The number of rotatable bonds is 4. The Morgan fingerprint density at radius 2 is 1.77 bits per heavy atom. The number of fused-ring (bicyclic) bond motifs is 1. The molecule has 1 fully saturated rings. The number of hydrogen-bond donors (Lipinski definition) is 1. The summed E-state index contributed by atoms with van der Waals surface area (Å²) in [6.45, 7) is 4.18. The van der Waals surface area contributed by atoms with Gasteiger partial charge < -0.3 is 10.1 Å². The first-order valence-electron chi connectivity index (χ1n) is 10.6. The minimum Gasteiger partial charge on any atom is -0.373 e. The molecule has 1 aliphatic heterocycles. The highest BCUT2D eigenvalue weighted by Crippen LogP contribution is 2.28. The molecule has 2 aliphatic rings.